The van der Waals surface area contributed by atoms with Gasteiger partial charge in [0.2, 0.25) is 0 Å². The van der Waals surface area contributed by atoms with E-state index in [9.17, 15) is 27.9 Å². The van der Waals surface area contributed by atoms with E-state index in [0.29, 0.717) is 16.8 Å². The van der Waals surface area contributed by atoms with Crippen molar-refractivity contribution in [2.24, 2.45) is 0 Å². The molecule has 0 aliphatic heterocycles. The maximum Gasteiger partial charge on any atom is 0.573 e. The first-order valence-corrected chi connectivity index (χ1v) is 9.58. The first kappa shape index (κ1) is 22.9. The van der Waals surface area contributed by atoms with E-state index in [0.717, 1.165) is 21.6 Å². The van der Waals surface area contributed by atoms with E-state index in [1.807, 2.05) is 32.0 Å². The summed E-state index contributed by atoms with van der Waals surface area (Å²) in [6, 6.07) is 17.4. The lowest BCUT2D eigenvalue weighted by Crippen LogP contribution is -2.44. The van der Waals surface area contributed by atoms with Crippen LogP contribution in [0, 0.1) is 13.8 Å². The highest BCUT2D eigenvalue weighted by Gasteiger charge is 2.31. The summed E-state index contributed by atoms with van der Waals surface area (Å²) in [6.45, 7) is 3.85. The van der Waals surface area contributed by atoms with Gasteiger partial charge in [-0.2, -0.15) is 0 Å². The molecule has 32 heavy (non-hydrogen) atoms. The van der Waals surface area contributed by atoms with Crippen LogP contribution in [0.15, 0.2) is 66.7 Å². The molecule has 0 fully saturated rings. The molecule has 0 aromatic heterocycles. The van der Waals surface area contributed by atoms with Gasteiger partial charge in [-0.15, -0.1) is 13.2 Å². The van der Waals surface area contributed by atoms with Crippen molar-refractivity contribution in [3.63, 3.8) is 0 Å². The Kier molecular flexibility index (Phi) is 6.53. The van der Waals surface area contributed by atoms with Crippen molar-refractivity contribution < 1.29 is 32.6 Å². The van der Waals surface area contributed by atoms with Crippen LogP contribution in [0.25, 0.3) is 11.1 Å². The Hall–Kier alpha value is -3.81. The molecule has 1 amide bonds. The van der Waals surface area contributed by atoms with Gasteiger partial charge in [0, 0.05) is 5.69 Å². The predicted octanol–water partition coefficient (Wildman–Crippen LogP) is 4.15. The molecule has 3 aromatic carbocycles. The number of carbonyl (C=O) groups is 2. The third-order valence-electron chi connectivity index (χ3n) is 4.64. The number of alkyl halides is 3. The molecule has 3 aromatic rings. The molecule has 5 nitrogen and oxygen atoms in total. The quantitative estimate of drug-likeness (QED) is 0.557. The first-order valence-electron chi connectivity index (χ1n) is 9.58. The second kappa shape index (κ2) is 9.13. The van der Waals surface area contributed by atoms with Gasteiger partial charge < -0.3 is 19.5 Å². The molecule has 0 spiro atoms. The van der Waals surface area contributed by atoms with Crippen LogP contribution in [-0.2, 0) is 16.1 Å². The van der Waals surface area contributed by atoms with Crippen molar-refractivity contribution in [3.05, 3.63) is 83.4 Å². The van der Waals surface area contributed by atoms with Crippen LogP contribution in [-0.4, -0.2) is 18.2 Å². The molecule has 0 unspecified atom stereocenters. The molecule has 0 atom stereocenters. The number of amides is 1. The van der Waals surface area contributed by atoms with Gasteiger partial charge in [-0.1, -0.05) is 53.6 Å². The summed E-state index contributed by atoms with van der Waals surface area (Å²) in [5, 5.41) is 11.3. The molecule has 0 radical (unpaired) electrons. The number of anilines is 1. The van der Waals surface area contributed by atoms with Crippen molar-refractivity contribution in [2.45, 2.75) is 26.8 Å². The maximum absolute atomic E-state index is 12.3. The zero-order chi connectivity index (χ0) is 23.5. The number of hydrogen-bond donors (Lipinski definition) is 0. The maximum atomic E-state index is 12.3. The third kappa shape index (κ3) is 5.87. The minimum Gasteiger partial charge on any atom is -0.540 e. The van der Waals surface area contributed by atoms with Crippen LogP contribution in [0.4, 0.5) is 18.9 Å². The Labute approximate surface area is 182 Å². The Morgan fingerprint density at radius 3 is 1.84 bits per heavy atom. The first-order chi connectivity index (χ1) is 15.0. The van der Waals surface area contributed by atoms with E-state index in [-0.39, 0.29) is 12.3 Å². The van der Waals surface area contributed by atoms with Crippen molar-refractivity contribution >= 4 is 17.6 Å². The fourth-order valence-corrected chi connectivity index (χ4v) is 3.42. The highest BCUT2D eigenvalue weighted by Crippen LogP contribution is 2.28. The number of aliphatic carboxylic acids is 1. The van der Waals surface area contributed by atoms with Crippen molar-refractivity contribution in [3.8, 4) is 16.9 Å². The van der Waals surface area contributed by atoms with Crippen molar-refractivity contribution in [1.29, 1.82) is 0 Å². The van der Waals surface area contributed by atoms with Crippen LogP contribution in [0.1, 0.15) is 16.7 Å². The summed E-state index contributed by atoms with van der Waals surface area (Å²) in [7, 11) is 0. The molecule has 0 aliphatic rings. The Morgan fingerprint density at radius 1 is 0.875 bits per heavy atom. The third-order valence-corrected chi connectivity index (χ3v) is 4.64. The van der Waals surface area contributed by atoms with E-state index in [1.54, 1.807) is 24.3 Å². The molecular formula is C24H19F3NO4-. The number of carbonyl (C=O) groups excluding carboxylic acids is 2. The number of nitrogens with zero attached hydrogens (tertiary/aromatic N) is 1. The normalized spacial score (nSPS) is 11.2. The Morgan fingerprint density at radius 2 is 1.38 bits per heavy atom. The fourth-order valence-electron chi connectivity index (χ4n) is 3.42. The predicted molar refractivity (Wildman–Crippen MR) is 111 cm³/mol. The average molecular weight is 442 g/mol. The number of ether oxygens (including phenoxy) is 1. The molecule has 3 rings (SSSR count). The molecule has 0 heterocycles. The summed E-state index contributed by atoms with van der Waals surface area (Å²) < 4.78 is 40.8. The number of benzene rings is 3. The van der Waals surface area contributed by atoms with Gasteiger partial charge in [0.05, 0.1) is 6.54 Å². The summed E-state index contributed by atoms with van der Waals surface area (Å²) in [4.78, 5) is 24.7. The van der Waals surface area contributed by atoms with Gasteiger partial charge in [-0.3, -0.25) is 4.79 Å². The molecule has 0 aliphatic carbocycles. The number of rotatable bonds is 5. The smallest absolute Gasteiger partial charge is 0.540 e. The molecular weight excluding hydrogens is 423 g/mol. The van der Waals surface area contributed by atoms with Gasteiger partial charge in [0.15, 0.2) is 0 Å². The minimum absolute atomic E-state index is 0.0398. The zero-order valence-electron chi connectivity index (χ0n) is 17.3. The van der Waals surface area contributed by atoms with E-state index < -0.39 is 18.2 Å². The van der Waals surface area contributed by atoms with E-state index in [2.05, 4.69) is 4.74 Å². The fraction of sp³-hybridized carbons (Fsp3) is 0.167. The summed E-state index contributed by atoms with van der Waals surface area (Å²) >= 11 is 0. The van der Waals surface area contributed by atoms with E-state index in [4.69, 9.17) is 0 Å². The zero-order valence-corrected chi connectivity index (χ0v) is 17.3. The minimum atomic E-state index is -4.77. The van der Waals surface area contributed by atoms with Gasteiger partial charge in [0.1, 0.15) is 11.7 Å². The molecule has 0 saturated heterocycles. The Bertz CT molecular complexity index is 1100. The summed E-state index contributed by atoms with van der Waals surface area (Å²) in [5.41, 5.74) is 4.36. The van der Waals surface area contributed by atoms with Crippen LogP contribution in [0.2, 0.25) is 0 Å². The molecule has 0 saturated carbocycles. The average Bonchev–Trinajstić information content (AvgIpc) is 2.70. The second-order valence-corrected chi connectivity index (χ2v) is 7.29. The largest absolute Gasteiger partial charge is 0.573 e. The Balaban J connectivity index is 1.85. The standard InChI is InChI=1S/C24H20F3NO4/c1-15-11-16(2)13-17(12-15)14-28(22(29)23(30)31)20-7-3-18(4-8-20)19-5-9-21(10-6-19)32-24(25,26)27/h3-13H,14H2,1-2H3,(H,30,31)/p-1. The monoisotopic (exact) mass is 442 g/mol. The van der Waals surface area contributed by atoms with Crippen LogP contribution in [0.3, 0.4) is 0 Å². The number of halogens is 3. The van der Waals surface area contributed by atoms with Gasteiger partial charge >= 0.3 is 6.36 Å². The second-order valence-electron chi connectivity index (χ2n) is 7.29. The van der Waals surface area contributed by atoms with Crippen LogP contribution < -0.4 is 14.7 Å². The van der Waals surface area contributed by atoms with Gasteiger partial charge in [0.25, 0.3) is 5.91 Å². The van der Waals surface area contributed by atoms with Crippen molar-refractivity contribution in [1.82, 2.24) is 0 Å². The lowest BCUT2D eigenvalue weighted by Gasteiger charge is -2.24. The highest BCUT2D eigenvalue weighted by atomic mass is 19.4. The van der Waals surface area contributed by atoms with E-state index >= 15 is 0 Å². The number of carboxylic acids is 1. The lowest BCUT2D eigenvalue weighted by molar-refractivity contribution is -0.300. The SMILES string of the molecule is Cc1cc(C)cc(CN(C(=O)C(=O)[O-])c2ccc(-c3ccc(OC(F)(F)F)cc3)cc2)c1. The highest BCUT2D eigenvalue weighted by molar-refractivity contribution is 6.36. The molecule has 0 N–H and O–H groups in total. The van der Waals surface area contributed by atoms with Gasteiger partial charge in [-0.25, -0.2) is 0 Å². The van der Waals surface area contributed by atoms with E-state index in [1.165, 1.54) is 24.3 Å². The number of aryl methyl sites for hydroxylation is 2. The summed E-state index contributed by atoms with van der Waals surface area (Å²) in [5.74, 6) is -3.33. The topological polar surface area (TPSA) is 69.7 Å². The van der Waals surface area contributed by atoms with Crippen LogP contribution in [0.5, 0.6) is 5.75 Å². The molecule has 0 bridgehead atoms. The summed E-state index contributed by atoms with van der Waals surface area (Å²) in [6.07, 6.45) is -4.77. The van der Waals surface area contributed by atoms with Crippen molar-refractivity contribution in [2.75, 3.05) is 4.90 Å². The molecule has 8 heteroatoms. The number of hydrogen-bond acceptors (Lipinski definition) is 4. The van der Waals surface area contributed by atoms with Crippen LogP contribution >= 0.6 is 0 Å². The van der Waals surface area contributed by atoms with Gasteiger partial charge in [-0.05, 0) is 54.8 Å². The molecule has 166 valence electrons. The lowest BCUT2D eigenvalue weighted by atomic mass is 10.0. The number of carboxylic acid groups (broad SMARTS) is 1.